The number of anilines is 2. The number of halogens is 2. The number of carbonyl (C=O) groups excluding carboxylic acids is 2. The second-order valence-corrected chi connectivity index (χ2v) is 8.49. The van der Waals surface area contributed by atoms with Gasteiger partial charge in [-0.25, -0.2) is 18.7 Å². The van der Waals surface area contributed by atoms with E-state index < -0.39 is 11.6 Å². The molecule has 3 aromatic rings. The predicted octanol–water partition coefficient (Wildman–Crippen LogP) is 3.64. The van der Waals surface area contributed by atoms with Crippen molar-refractivity contribution in [2.24, 2.45) is 0 Å². The molecule has 37 heavy (non-hydrogen) atoms. The summed E-state index contributed by atoms with van der Waals surface area (Å²) in [6, 6.07) is 5.92. The molecule has 9 nitrogen and oxygen atoms in total. The molecule has 0 radical (unpaired) electrons. The van der Waals surface area contributed by atoms with E-state index in [1.54, 1.807) is 17.0 Å². The van der Waals surface area contributed by atoms with E-state index in [1.165, 1.54) is 51.7 Å². The van der Waals surface area contributed by atoms with Gasteiger partial charge in [0.2, 0.25) is 11.8 Å². The fourth-order valence-corrected chi connectivity index (χ4v) is 4.01. The van der Waals surface area contributed by atoms with Crippen molar-refractivity contribution in [3.05, 3.63) is 59.9 Å². The van der Waals surface area contributed by atoms with Crippen LogP contribution >= 0.6 is 0 Å². The van der Waals surface area contributed by atoms with E-state index in [-0.39, 0.29) is 29.2 Å². The number of likely N-dealkylation sites (tertiary alicyclic amines) is 1. The summed E-state index contributed by atoms with van der Waals surface area (Å²) in [7, 11) is 3.01. The SMILES string of the molecule is CNC(=O)/C=C/C(=O)N1CCC(Oc2cc3c(Nc4ccc(F)c(C)c4F)ncnc3cc2OC)CC1. The van der Waals surface area contributed by atoms with Gasteiger partial charge in [-0.2, -0.15) is 0 Å². The number of benzene rings is 2. The van der Waals surface area contributed by atoms with Crippen LogP contribution in [-0.2, 0) is 9.59 Å². The third kappa shape index (κ3) is 5.76. The van der Waals surface area contributed by atoms with E-state index in [0.717, 1.165) is 0 Å². The molecule has 0 aliphatic carbocycles. The summed E-state index contributed by atoms with van der Waals surface area (Å²) >= 11 is 0. The number of nitrogens with one attached hydrogen (secondary N) is 2. The molecule has 2 N–H and O–H groups in total. The number of aromatic nitrogens is 2. The van der Waals surface area contributed by atoms with Gasteiger partial charge in [-0.3, -0.25) is 9.59 Å². The third-order valence-corrected chi connectivity index (χ3v) is 6.17. The minimum Gasteiger partial charge on any atom is -0.493 e. The number of carbonyl (C=O) groups is 2. The van der Waals surface area contributed by atoms with Crippen molar-refractivity contribution < 1.29 is 27.8 Å². The summed E-state index contributed by atoms with van der Waals surface area (Å²) in [6.07, 6.45) is 4.78. The van der Waals surface area contributed by atoms with Crippen LogP contribution in [0, 0.1) is 18.6 Å². The number of rotatable bonds is 7. The molecule has 1 saturated heterocycles. The Labute approximate surface area is 212 Å². The smallest absolute Gasteiger partial charge is 0.246 e. The molecule has 0 bridgehead atoms. The number of methoxy groups -OCH3 is 1. The molecule has 1 aromatic heterocycles. The lowest BCUT2D eigenvalue weighted by Crippen LogP contribution is -2.41. The Morgan fingerprint density at radius 1 is 1.11 bits per heavy atom. The Kier molecular flexibility index (Phi) is 7.80. The number of ether oxygens (including phenoxy) is 2. The van der Waals surface area contributed by atoms with Crippen molar-refractivity contribution in [2.75, 3.05) is 32.6 Å². The zero-order valence-corrected chi connectivity index (χ0v) is 20.7. The maximum atomic E-state index is 14.6. The van der Waals surface area contributed by atoms with Gasteiger partial charge < -0.3 is 25.0 Å². The first kappa shape index (κ1) is 25.8. The molecule has 2 heterocycles. The molecule has 194 valence electrons. The predicted molar refractivity (Wildman–Crippen MR) is 134 cm³/mol. The summed E-state index contributed by atoms with van der Waals surface area (Å²) in [5, 5.41) is 5.92. The standard InChI is InChI=1S/C26H27F2N5O4/c1-15-18(27)4-5-19(25(15)28)32-26-17-12-22(21(36-3)13-20(17)30-14-31-26)37-16-8-10-33(11-9-16)24(35)7-6-23(34)29-2/h4-7,12-14,16H,8-11H2,1-3H3,(H,29,34)(H,30,31,32)/b7-6+. The zero-order chi connectivity index (χ0) is 26.5. The van der Waals surface area contributed by atoms with E-state index in [9.17, 15) is 18.4 Å². The van der Waals surface area contributed by atoms with Crippen LogP contribution in [0.25, 0.3) is 10.9 Å². The average molecular weight is 512 g/mol. The summed E-state index contributed by atoms with van der Waals surface area (Å²) in [5.41, 5.74) is 0.534. The van der Waals surface area contributed by atoms with Crippen LogP contribution in [0.15, 0.2) is 42.7 Å². The summed E-state index contributed by atoms with van der Waals surface area (Å²) in [4.78, 5) is 33.8. The molecule has 1 aliphatic heterocycles. The Morgan fingerprint density at radius 2 is 1.86 bits per heavy atom. The monoisotopic (exact) mass is 511 g/mol. The van der Waals surface area contributed by atoms with Crippen molar-refractivity contribution in [1.29, 1.82) is 0 Å². The lowest BCUT2D eigenvalue weighted by Gasteiger charge is -2.32. The largest absolute Gasteiger partial charge is 0.493 e. The molecule has 11 heteroatoms. The molecule has 0 saturated carbocycles. The van der Waals surface area contributed by atoms with Crippen LogP contribution in [0.2, 0.25) is 0 Å². The van der Waals surface area contributed by atoms with E-state index in [2.05, 4.69) is 20.6 Å². The minimum absolute atomic E-state index is 0.0830. The summed E-state index contributed by atoms with van der Waals surface area (Å²) in [5.74, 6) is -0.673. The molecular formula is C26H27F2N5O4. The minimum atomic E-state index is -0.705. The number of nitrogens with zero attached hydrogens (tertiary/aromatic N) is 3. The van der Waals surface area contributed by atoms with Crippen LogP contribution in [0.1, 0.15) is 18.4 Å². The average Bonchev–Trinajstić information content (AvgIpc) is 2.92. The molecule has 0 spiro atoms. The van der Waals surface area contributed by atoms with Gasteiger partial charge in [0.1, 0.15) is 24.1 Å². The highest BCUT2D eigenvalue weighted by molar-refractivity contribution is 5.96. The van der Waals surface area contributed by atoms with Gasteiger partial charge >= 0.3 is 0 Å². The van der Waals surface area contributed by atoms with Crippen LogP contribution in [0.3, 0.4) is 0 Å². The van der Waals surface area contributed by atoms with Gasteiger partial charge in [-0.15, -0.1) is 0 Å². The van der Waals surface area contributed by atoms with Gasteiger partial charge in [0.15, 0.2) is 17.3 Å². The summed E-state index contributed by atoms with van der Waals surface area (Å²) in [6.45, 7) is 2.30. The first-order valence-electron chi connectivity index (χ1n) is 11.7. The first-order valence-corrected chi connectivity index (χ1v) is 11.7. The van der Waals surface area contributed by atoms with E-state index in [4.69, 9.17) is 9.47 Å². The van der Waals surface area contributed by atoms with E-state index in [0.29, 0.717) is 54.2 Å². The van der Waals surface area contributed by atoms with Gasteiger partial charge in [0, 0.05) is 62.1 Å². The highest BCUT2D eigenvalue weighted by atomic mass is 19.1. The molecule has 1 aliphatic rings. The highest BCUT2D eigenvalue weighted by Gasteiger charge is 2.24. The summed E-state index contributed by atoms with van der Waals surface area (Å²) < 4.78 is 40.1. The normalized spacial score (nSPS) is 14.1. The maximum Gasteiger partial charge on any atom is 0.246 e. The molecule has 4 rings (SSSR count). The fraction of sp³-hybridized carbons (Fsp3) is 0.308. The number of hydrogen-bond acceptors (Lipinski definition) is 7. The number of hydrogen-bond donors (Lipinski definition) is 2. The third-order valence-electron chi connectivity index (χ3n) is 6.17. The Balaban J connectivity index is 1.53. The molecular weight excluding hydrogens is 484 g/mol. The number of piperidine rings is 1. The van der Waals surface area contributed by atoms with Gasteiger partial charge in [0.05, 0.1) is 18.3 Å². The van der Waals surface area contributed by atoms with Crippen LogP contribution < -0.4 is 20.1 Å². The van der Waals surface area contributed by atoms with Gasteiger partial charge in [-0.05, 0) is 25.1 Å². The molecule has 0 atom stereocenters. The lowest BCUT2D eigenvalue weighted by atomic mass is 10.1. The molecule has 0 unspecified atom stereocenters. The molecule has 2 aromatic carbocycles. The van der Waals surface area contributed by atoms with Crippen LogP contribution in [0.5, 0.6) is 11.5 Å². The number of fused-ring (bicyclic) bond motifs is 1. The van der Waals surface area contributed by atoms with E-state index >= 15 is 0 Å². The Morgan fingerprint density at radius 3 is 2.57 bits per heavy atom. The van der Waals surface area contributed by atoms with Crippen LogP contribution in [-0.4, -0.2) is 60.0 Å². The lowest BCUT2D eigenvalue weighted by molar-refractivity contribution is -0.128. The highest BCUT2D eigenvalue weighted by Crippen LogP contribution is 2.36. The Hall–Kier alpha value is -4.28. The topological polar surface area (TPSA) is 106 Å². The van der Waals surface area contributed by atoms with Crippen molar-refractivity contribution in [3.8, 4) is 11.5 Å². The molecule has 2 amide bonds. The fourth-order valence-electron chi connectivity index (χ4n) is 4.01. The van der Waals surface area contributed by atoms with Crippen molar-refractivity contribution in [2.45, 2.75) is 25.9 Å². The first-order chi connectivity index (χ1) is 17.8. The number of amides is 2. The Bertz CT molecular complexity index is 1360. The van der Waals surface area contributed by atoms with Gasteiger partial charge in [0.25, 0.3) is 0 Å². The van der Waals surface area contributed by atoms with Gasteiger partial charge in [-0.1, -0.05) is 0 Å². The second-order valence-electron chi connectivity index (χ2n) is 8.49. The quantitative estimate of drug-likeness (QED) is 0.467. The van der Waals surface area contributed by atoms with E-state index in [1.807, 2.05) is 0 Å². The van der Waals surface area contributed by atoms with Crippen LogP contribution in [0.4, 0.5) is 20.3 Å². The van der Waals surface area contributed by atoms with Crippen molar-refractivity contribution in [3.63, 3.8) is 0 Å². The second kappa shape index (κ2) is 11.2. The van der Waals surface area contributed by atoms with Crippen molar-refractivity contribution in [1.82, 2.24) is 20.2 Å². The van der Waals surface area contributed by atoms with Crippen molar-refractivity contribution >= 4 is 34.2 Å². The molecule has 1 fully saturated rings. The maximum absolute atomic E-state index is 14.6. The zero-order valence-electron chi connectivity index (χ0n) is 20.7. The number of likely N-dealkylation sites (N-methyl/N-ethyl adjacent to an activating group) is 1.